The van der Waals surface area contributed by atoms with Crippen LogP contribution in [0.3, 0.4) is 0 Å². The maximum Gasteiger partial charge on any atom is 0.257 e. The van der Waals surface area contributed by atoms with Crippen LogP contribution in [-0.2, 0) is 0 Å². The highest BCUT2D eigenvalue weighted by atomic mass is 79.9. The Hall–Kier alpha value is -0.740. The highest BCUT2D eigenvalue weighted by molar-refractivity contribution is 9.09. The van der Waals surface area contributed by atoms with E-state index in [9.17, 15) is 4.79 Å². The summed E-state index contributed by atoms with van der Waals surface area (Å²) in [6.07, 6.45) is 0. The Bertz CT molecular complexity index is 449. The van der Waals surface area contributed by atoms with Gasteiger partial charge in [-0.25, -0.2) is 0 Å². The first-order chi connectivity index (χ1) is 8.33. The molecule has 18 heavy (non-hydrogen) atoms. The SMILES string of the molecule is COc1ccc(Cl)cc1C(=O)N(C)C(C)(C)CBr. The molecule has 0 heterocycles. The topological polar surface area (TPSA) is 29.5 Å². The van der Waals surface area contributed by atoms with E-state index >= 15 is 0 Å². The number of halogens is 2. The summed E-state index contributed by atoms with van der Waals surface area (Å²) in [5.41, 5.74) is 0.186. The van der Waals surface area contributed by atoms with Gasteiger partial charge in [-0.15, -0.1) is 0 Å². The maximum atomic E-state index is 12.4. The van der Waals surface area contributed by atoms with E-state index in [1.54, 1.807) is 30.1 Å². The van der Waals surface area contributed by atoms with Crippen molar-refractivity contribution in [2.45, 2.75) is 19.4 Å². The Labute approximate surface area is 121 Å². The number of nitrogens with zero attached hydrogens (tertiary/aromatic N) is 1. The van der Waals surface area contributed by atoms with E-state index in [2.05, 4.69) is 15.9 Å². The van der Waals surface area contributed by atoms with Crippen molar-refractivity contribution in [1.82, 2.24) is 4.90 Å². The monoisotopic (exact) mass is 333 g/mol. The highest BCUT2D eigenvalue weighted by Crippen LogP contribution is 2.26. The third-order valence-electron chi connectivity index (χ3n) is 2.93. The van der Waals surface area contributed by atoms with Gasteiger partial charge in [-0.05, 0) is 32.0 Å². The molecule has 0 saturated heterocycles. The van der Waals surface area contributed by atoms with Gasteiger partial charge in [0.1, 0.15) is 5.75 Å². The van der Waals surface area contributed by atoms with E-state index in [0.717, 1.165) is 0 Å². The van der Waals surface area contributed by atoms with Gasteiger partial charge in [0.15, 0.2) is 0 Å². The number of rotatable bonds is 4. The molecule has 5 heteroatoms. The summed E-state index contributed by atoms with van der Waals surface area (Å²) < 4.78 is 5.20. The molecule has 0 aliphatic heterocycles. The van der Waals surface area contributed by atoms with Crippen LogP contribution in [0, 0.1) is 0 Å². The van der Waals surface area contributed by atoms with Gasteiger partial charge in [0, 0.05) is 22.9 Å². The number of amides is 1. The zero-order valence-electron chi connectivity index (χ0n) is 11.0. The molecule has 3 nitrogen and oxygen atoms in total. The lowest BCUT2D eigenvalue weighted by Crippen LogP contribution is -2.46. The molecule has 0 spiro atoms. The standard InChI is InChI=1S/C13H17BrClNO2/c1-13(2,8-14)16(3)12(17)10-7-9(15)5-6-11(10)18-4/h5-7H,8H2,1-4H3. The van der Waals surface area contributed by atoms with Crippen molar-refractivity contribution in [2.75, 3.05) is 19.5 Å². The molecule has 1 rings (SSSR count). The Kier molecular flexibility index (Phi) is 5.05. The van der Waals surface area contributed by atoms with Gasteiger partial charge >= 0.3 is 0 Å². The van der Waals surface area contributed by atoms with Crippen molar-refractivity contribution in [2.24, 2.45) is 0 Å². The lowest BCUT2D eigenvalue weighted by Gasteiger charge is -2.34. The van der Waals surface area contributed by atoms with Gasteiger partial charge in [0.2, 0.25) is 0 Å². The summed E-state index contributed by atoms with van der Waals surface area (Å²) in [4.78, 5) is 14.1. The Morgan fingerprint density at radius 3 is 2.61 bits per heavy atom. The quantitative estimate of drug-likeness (QED) is 0.788. The van der Waals surface area contributed by atoms with Crippen LogP contribution in [0.15, 0.2) is 18.2 Å². The van der Waals surface area contributed by atoms with E-state index in [1.807, 2.05) is 13.8 Å². The maximum absolute atomic E-state index is 12.4. The molecule has 0 aliphatic carbocycles. The third-order valence-corrected chi connectivity index (χ3v) is 4.54. The molecule has 100 valence electrons. The van der Waals surface area contributed by atoms with Crippen LogP contribution in [0.5, 0.6) is 5.75 Å². The number of methoxy groups -OCH3 is 1. The van der Waals surface area contributed by atoms with Crippen LogP contribution >= 0.6 is 27.5 Å². The molecule has 1 aromatic carbocycles. The highest BCUT2D eigenvalue weighted by Gasteiger charge is 2.28. The fourth-order valence-electron chi connectivity index (χ4n) is 1.39. The molecule has 1 aromatic rings. The summed E-state index contributed by atoms with van der Waals surface area (Å²) in [6, 6.07) is 5.03. The minimum absolute atomic E-state index is 0.112. The first kappa shape index (κ1) is 15.3. The predicted molar refractivity (Wildman–Crippen MR) is 78.0 cm³/mol. The number of carbonyl (C=O) groups is 1. The average molecular weight is 335 g/mol. The largest absolute Gasteiger partial charge is 0.496 e. The normalized spacial score (nSPS) is 11.2. The fraction of sp³-hybridized carbons (Fsp3) is 0.462. The molecule has 0 fully saturated rings. The van der Waals surface area contributed by atoms with Crippen LogP contribution in [-0.4, -0.2) is 35.8 Å². The average Bonchev–Trinajstić information content (AvgIpc) is 2.36. The lowest BCUT2D eigenvalue weighted by atomic mass is 10.0. The van der Waals surface area contributed by atoms with Crippen LogP contribution in [0.1, 0.15) is 24.2 Å². The summed E-state index contributed by atoms with van der Waals surface area (Å²) >= 11 is 9.35. The van der Waals surface area contributed by atoms with E-state index in [-0.39, 0.29) is 11.4 Å². The van der Waals surface area contributed by atoms with Gasteiger partial charge < -0.3 is 9.64 Å². The van der Waals surface area contributed by atoms with Crippen LogP contribution < -0.4 is 4.74 Å². The zero-order valence-corrected chi connectivity index (χ0v) is 13.3. The molecule has 0 saturated carbocycles. The predicted octanol–water partition coefficient (Wildman–Crippen LogP) is 3.59. The Morgan fingerprint density at radius 2 is 2.11 bits per heavy atom. The van der Waals surface area contributed by atoms with E-state index in [4.69, 9.17) is 16.3 Å². The van der Waals surface area contributed by atoms with Gasteiger partial charge in [-0.1, -0.05) is 27.5 Å². The molecular weight excluding hydrogens is 318 g/mol. The van der Waals surface area contributed by atoms with Gasteiger partial charge in [-0.3, -0.25) is 4.79 Å². The molecule has 0 atom stereocenters. The lowest BCUT2D eigenvalue weighted by molar-refractivity contribution is 0.0660. The van der Waals surface area contributed by atoms with Crippen LogP contribution in [0.25, 0.3) is 0 Å². The van der Waals surface area contributed by atoms with Crippen molar-refractivity contribution < 1.29 is 9.53 Å². The van der Waals surface area contributed by atoms with Crippen LogP contribution in [0.2, 0.25) is 5.02 Å². The minimum atomic E-state index is -0.287. The third kappa shape index (κ3) is 3.18. The molecule has 0 radical (unpaired) electrons. The molecule has 0 aromatic heterocycles. The van der Waals surface area contributed by atoms with Crippen molar-refractivity contribution in [3.8, 4) is 5.75 Å². The van der Waals surface area contributed by atoms with Crippen molar-refractivity contribution in [3.63, 3.8) is 0 Å². The van der Waals surface area contributed by atoms with Crippen molar-refractivity contribution in [3.05, 3.63) is 28.8 Å². The number of alkyl halides is 1. The second-order valence-corrected chi connectivity index (χ2v) is 5.65. The Morgan fingerprint density at radius 1 is 1.50 bits per heavy atom. The molecule has 0 N–H and O–H groups in total. The number of ether oxygens (including phenoxy) is 1. The summed E-state index contributed by atoms with van der Waals surface area (Å²) in [6.45, 7) is 3.97. The number of hydrogen-bond acceptors (Lipinski definition) is 2. The first-order valence-electron chi connectivity index (χ1n) is 5.51. The van der Waals surface area contributed by atoms with Gasteiger partial charge in [-0.2, -0.15) is 0 Å². The second kappa shape index (κ2) is 5.93. The summed E-state index contributed by atoms with van der Waals surface area (Å²) in [7, 11) is 3.31. The number of carbonyl (C=O) groups excluding carboxylic acids is 1. The van der Waals surface area contributed by atoms with E-state index in [1.165, 1.54) is 7.11 Å². The van der Waals surface area contributed by atoms with Gasteiger partial charge in [0.25, 0.3) is 5.91 Å². The second-order valence-electron chi connectivity index (χ2n) is 4.65. The number of hydrogen-bond donors (Lipinski definition) is 0. The van der Waals surface area contributed by atoms with Gasteiger partial charge in [0.05, 0.1) is 12.7 Å². The zero-order chi connectivity index (χ0) is 13.9. The molecule has 0 bridgehead atoms. The molecular formula is C13H17BrClNO2. The Balaban J connectivity index is 3.14. The smallest absolute Gasteiger partial charge is 0.257 e. The van der Waals surface area contributed by atoms with Crippen molar-refractivity contribution in [1.29, 1.82) is 0 Å². The summed E-state index contributed by atoms with van der Waals surface area (Å²) in [5.74, 6) is 0.417. The minimum Gasteiger partial charge on any atom is -0.496 e. The molecule has 0 aliphatic rings. The summed E-state index contributed by atoms with van der Waals surface area (Å²) in [5, 5.41) is 1.20. The number of benzene rings is 1. The molecule has 1 amide bonds. The first-order valence-corrected chi connectivity index (χ1v) is 7.01. The molecule has 0 unspecified atom stereocenters. The van der Waals surface area contributed by atoms with Crippen LogP contribution in [0.4, 0.5) is 0 Å². The fourth-order valence-corrected chi connectivity index (χ4v) is 1.94. The van der Waals surface area contributed by atoms with Crippen molar-refractivity contribution >= 4 is 33.4 Å². The van der Waals surface area contributed by atoms with E-state index < -0.39 is 0 Å². The van der Waals surface area contributed by atoms with E-state index in [0.29, 0.717) is 21.7 Å².